The molecule has 280 valence electrons. The molecule has 0 radical (unpaired) electrons. The van der Waals surface area contributed by atoms with Crippen LogP contribution in [-0.2, 0) is 37.4 Å². The first-order chi connectivity index (χ1) is 25.0. The van der Waals surface area contributed by atoms with E-state index in [1.54, 1.807) is 24.3 Å². The van der Waals surface area contributed by atoms with Crippen molar-refractivity contribution in [3.05, 3.63) is 101 Å². The second-order valence-electron chi connectivity index (χ2n) is 11.7. The summed E-state index contributed by atoms with van der Waals surface area (Å²) in [5, 5.41) is 41.4. The van der Waals surface area contributed by atoms with Crippen LogP contribution in [0.5, 0.6) is 5.75 Å². The van der Waals surface area contributed by atoms with E-state index in [1.807, 2.05) is 36.4 Å². The van der Waals surface area contributed by atoms with E-state index in [1.165, 1.54) is 24.7 Å². The zero-order valence-corrected chi connectivity index (χ0v) is 29.5. The molecule has 0 bridgehead atoms. The van der Waals surface area contributed by atoms with Gasteiger partial charge in [0.25, 0.3) is 0 Å². The zero-order valence-electron chi connectivity index (χ0n) is 28.0. The highest BCUT2D eigenvalue weighted by Gasteiger charge is 2.40. The van der Waals surface area contributed by atoms with Crippen LogP contribution in [0, 0.1) is 5.82 Å². The number of nitrogens with one attached hydrogen (secondary N) is 2. The zero-order chi connectivity index (χ0) is 38.8. The Kier molecular flexibility index (Phi) is 13.4. The highest BCUT2D eigenvalue weighted by Crippen LogP contribution is 2.33. The van der Waals surface area contributed by atoms with Gasteiger partial charge in [0.15, 0.2) is 5.60 Å². The Morgan fingerprint density at radius 3 is 2.34 bits per heavy atom. The number of nitrogens with zero attached hydrogens (tertiary/aromatic N) is 2. The molecule has 5 aromatic rings. The minimum Gasteiger partial charge on any atom is -0.487 e. The van der Waals surface area contributed by atoms with E-state index >= 15 is 0 Å². The molecule has 0 aliphatic carbocycles. The average molecular weight is 773 g/mol. The van der Waals surface area contributed by atoms with Gasteiger partial charge in [0, 0.05) is 29.4 Å². The predicted octanol–water partition coefficient (Wildman–Crippen LogP) is 4.89. The number of carboxylic acids is 3. The minimum absolute atomic E-state index is 0.0664. The van der Waals surface area contributed by atoms with Gasteiger partial charge in [0.2, 0.25) is 0 Å². The lowest BCUT2D eigenvalue weighted by molar-refractivity contribution is -0.170. The number of hydrogen-bond acceptors (Lipinski definition) is 12. The van der Waals surface area contributed by atoms with Crippen molar-refractivity contribution in [2.45, 2.75) is 31.6 Å². The van der Waals surface area contributed by atoms with Gasteiger partial charge in [-0.1, -0.05) is 23.7 Å². The summed E-state index contributed by atoms with van der Waals surface area (Å²) >= 11 is 6.47. The maximum absolute atomic E-state index is 13.4. The van der Waals surface area contributed by atoms with Crippen LogP contribution >= 0.6 is 11.6 Å². The van der Waals surface area contributed by atoms with Crippen molar-refractivity contribution < 1.29 is 56.8 Å². The van der Waals surface area contributed by atoms with Gasteiger partial charge in [-0.3, -0.25) is 9.59 Å². The Hall–Kier alpha value is -5.62. The number of aliphatic carboxylic acids is 3. The van der Waals surface area contributed by atoms with Crippen molar-refractivity contribution >= 4 is 61.8 Å². The van der Waals surface area contributed by atoms with Crippen LogP contribution in [0.3, 0.4) is 0 Å². The Balaban J connectivity index is 0.000000413. The van der Waals surface area contributed by atoms with Crippen LogP contribution < -0.4 is 15.4 Å². The number of halogens is 2. The van der Waals surface area contributed by atoms with Crippen LogP contribution in [-0.4, -0.2) is 80.9 Å². The van der Waals surface area contributed by atoms with E-state index in [4.69, 9.17) is 41.2 Å². The molecule has 5 rings (SSSR count). The number of aliphatic hydroxyl groups is 1. The number of fused-ring (bicyclic) bond motifs is 1. The molecule has 0 atom stereocenters. The fraction of sp³-hybridized carbons (Fsp3) is 0.229. The smallest absolute Gasteiger partial charge is 0.336 e. The lowest BCUT2D eigenvalue weighted by Gasteiger charge is -2.18. The van der Waals surface area contributed by atoms with Gasteiger partial charge in [0.05, 0.1) is 35.7 Å². The van der Waals surface area contributed by atoms with Crippen molar-refractivity contribution in [2.75, 3.05) is 23.9 Å². The summed E-state index contributed by atoms with van der Waals surface area (Å²) in [4.78, 5) is 39.3. The third kappa shape index (κ3) is 12.2. The van der Waals surface area contributed by atoms with Crippen molar-refractivity contribution in [1.29, 1.82) is 0 Å². The molecular weight excluding hydrogens is 739 g/mol. The van der Waals surface area contributed by atoms with Gasteiger partial charge in [-0.15, -0.1) is 0 Å². The number of sulfone groups is 1. The Bertz CT molecular complexity index is 2200. The number of ether oxygens (including phenoxy) is 1. The summed E-state index contributed by atoms with van der Waals surface area (Å²) in [6.45, 7) is 0.956. The third-order valence-corrected chi connectivity index (χ3v) is 8.53. The molecule has 0 aliphatic heterocycles. The van der Waals surface area contributed by atoms with Crippen LogP contribution in [0.2, 0.25) is 5.02 Å². The summed E-state index contributed by atoms with van der Waals surface area (Å²) in [5.41, 5.74) is 0.253. The number of carbonyl (C=O) groups is 3. The first-order valence-corrected chi connectivity index (χ1v) is 18.0. The maximum atomic E-state index is 13.4. The van der Waals surface area contributed by atoms with E-state index in [-0.39, 0.29) is 18.2 Å². The molecule has 0 amide bonds. The first-order valence-electron chi connectivity index (χ1n) is 15.6. The normalized spacial score (nSPS) is 11.4. The topological polar surface area (TPSA) is 238 Å². The monoisotopic (exact) mass is 772 g/mol. The molecule has 3 aromatic carbocycles. The van der Waals surface area contributed by atoms with Crippen LogP contribution in [0.4, 0.5) is 15.9 Å². The molecule has 0 fully saturated rings. The van der Waals surface area contributed by atoms with Crippen LogP contribution in [0.1, 0.15) is 24.2 Å². The minimum atomic E-state index is -3.02. The van der Waals surface area contributed by atoms with E-state index in [9.17, 15) is 27.2 Å². The second kappa shape index (κ2) is 17.7. The van der Waals surface area contributed by atoms with E-state index in [0.29, 0.717) is 52.5 Å². The fourth-order valence-corrected chi connectivity index (χ4v) is 5.49. The third-order valence-electron chi connectivity index (χ3n) is 7.29. The molecule has 18 heteroatoms. The summed E-state index contributed by atoms with van der Waals surface area (Å²) in [6, 6.07) is 21.0. The van der Waals surface area contributed by atoms with Gasteiger partial charge in [-0.25, -0.2) is 27.6 Å². The summed E-state index contributed by atoms with van der Waals surface area (Å²) < 4.78 is 47.8. The SMILES string of the molecule is CS(=O)(=O)CCNCc1ccc(-c2ccc3ncnc(Nc4ccc(OCc5cccc(F)c5)c(Cl)c4)c3c2)o1.O=C(O)CC(O)(CC(=O)O)C(=O)O. The molecule has 0 saturated heterocycles. The number of benzene rings is 3. The quantitative estimate of drug-likeness (QED) is 0.0732. The average Bonchev–Trinajstić information content (AvgIpc) is 3.54. The van der Waals surface area contributed by atoms with Gasteiger partial charge in [-0.05, 0) is 66.2 Å². The van der Waals surface area contributed by atoms with Gasteiger partial charge in [-0.2, -0.15) is 0 Å². The molecule has 2 heterocycles. The predicted molar refractivity (Wildman–Crippen MR) is 191 cm³/mol. The first kappa shape index (κ1) is 40.2. The molecule has 15 nitrogen and oxygen atoms in total. The summed E-state index contributed by atoms with van der Waals surface area (Å²) in [5.74, 6) is -2.85. The molecule has 0 saturated carbocycles. The van der Waals surface area contributed by atoms with Gasteiger partial charge >= 0.3 is 17.9 Å². The van der Waals surface area contributed by atoms with Crippen molar-refractivity contribution in [3.63, 3.8) is 0 Å². The molecule has 0 unspecified atom stereocenters. The standard InChI is InChI=1S/C29H26ClFN4O4S.C6H8O7/c1-40(36,37)12-11-32-16-23-7-10-27(39-23)20-5-8-26-24(14-20)29(34-18-33-26)35-22-6-9-28(25(30)15-22)38-17-19-3-2-4-21(31)13-19;7-3(8)1-6(13,5(11)12)2-4(9)10/h2-10,13-15,18,32H,11-12,16-17H2,1H3,(H,33,34,35);13H,1-2H2,(H,7,8)(H,9,10)(H,11,12). The summed E-state index contributed by atoms with van der Waals surface area (Å²) in [7, 11) is -3.02. The maximum Gasteiger partial charge on any atom is 0.336 e. The van der Waals surface area contributed by atoms with Crippen molar-refractivity contribution in [1.82, 2.24) is 15.3 Å². The van der Waals surface area contributed by atoms with Crippen LogP contribution in [0.25, 0.3) is 22.2 Å². The molecule has 0 spiro atoms. The van der Waals surface area contributed by atoms with Crippen LogP contribution in [0.15, 0.2) is 83.5 Å². The molecule has 53 heavy (non-hydrogen) atoms. The summed E-state index contributed by atoms with van der Waals surface area (Å²) in [6.07, 6.45) is 0.403. The molecule has 0 aliphatic rings. The molecule has 2 aromatic heterocycles. The Morgan fingerprint density at radius 1 is 0.962 bits per heavy atom. The number of hydrogen-bond donors (Lipinski definition) is 6. The van der Waals surface area contributed by atoms with Crippen molar-refractivity contribution in [3.8, 4) is 17.1 Å². The fourth-order valence-electron chi connectivity index (χ4n) is 4.74. The molecular formula is C35H34ClFN4O11S. The molecule has 6 N–H and O–H groups in total. The Morgan fingerprint density at radius 2 is 1.70 bits per heavy atom. The van der Waals surface area contributed by atoms with E-state index in [0.717, 1.165) is 16.5 Å². The van der Waals surface area contributed by atoms with E-state index < -0.39 is 46.2 Å². The second-order valence-corrected chi connectivity index (χ2v) is 14.4. The highest BCUT2D eigenvalue weighted by atomic mass is 35.5. The number of aromatic nitrogens is 2. The van der Waals surface area contributed by atoms with E-state index in [2.05, 4.69) is 20.6 Å². The lowest BCUT2D eigenvalue weighted by atomic mass is 9.96. The van der Waals surface area contributed by atoms with Gasteiger partial charge in [0.1, 0.15) is 51.7 Å². The highest BCUT2D eigenvalue weighted by molar-refractivity contribution is 7.90. The lowest BCUT2D eigenvalue weighted by Crippen LogP contribution is -2.42. The number of rotatable bonds is 16. The number of furan rings is 1. The Labute approximate surface area is 307 Å². The van der Waals surface area contributed by atoms with Crippen molar-refractivity contribution in [2.24, 2.45) is 0 Å². The largest absolute Gasteiger partial charge is 0.487 e. The number of anilines is 2. The van der Waals surface area contributed by atoms with Gasteiger partial charge < -0.3 is 40.2 Å². The number of carboxylic acid groups (broad SMARTS) is 3.